The lowest BCUT2D eigenvalue weighted by Crippen LogP contribution is -2.43. The van der Waals surface area contributed by atoms with Crippen molar-refractivity contribution < 1.29 is 22.7 Å². The van der Waals surface area contributed by atoms with E-state index < -0.39 is 11.7 Å². The second-order valence-electron chi connectivity index (χ2n) is 4.87. The van der Waals surface area contributed by atoms with Gasteiger partial charge in [0.2, 0.25) is 5.91 Å². The zero-order chi connectivity index (χ0) is 15.5. The summed E-state index contributed by atoms with van der Waals surface area (Å²) in [5, 5.41) is 2.79. The SMILES string of the molecule is Cc1ccc(C(F)(F)F)cc1NCC(=O)N1CCOCC1. The van der Waals surface area contributed by atoms with Crippen LogP contribution in [0.2, 0.25) is 0 Å². The topological polar surface area (TPSA) is 41.6 Å². The van der Waals surface area contributed by atoms with E-state index in [1.807, 2.05) is 0 Å². The summed E-state index contributed by atoms with van der Waals surface area (Å²) in [4.78, 5) is 13.6. The lowest BCUT2D eigenvalue weighted by atomic mass is 10.1. The number of rotatable bonds is 3. The van der Waals surface area contributed by atoms with Crippen LogP contribution in [0.5, 0.6) is 0 Å². The second-order valence-corrected chi connectivity index (χ2v) is 4.87. The minimum Gasteiger partial charge on any atom is -0.378 e. The first-order valence-electron chi connectivity index (χ1n) is 6.65. The molecule has 1 N–H and O–H groups in total. The first-order chi connectivity index (χ1) is 9.88. The Morgan fingerprint density at radius 2 is 2.00 bits per heavy atom. The van der Waals surface area contributed by atoms with E-state index in [0.717, 1.165) is 12.1 Å². The number of morpholine rings is 1. The quantitative estimate of drug-likeness (QED) is 0.931. The van der Waals surface area contributed by atoms with Gasteiger partial charge < -0.3 is 15.0 Å². The van der Waals surface area contributed by atoms with Crippen LogP contribution in [0.15, 0.2) is 18.2 Å². The van der Waals surface area contributed by atoms with Gasteiger partial charge in [0.05, 0.1) is 25.3 Å². The monoisotopic (exact) mass is 302 g/mol. The number of hydrogen-bond acceptors (Lipinski definition) is 3. The van der Waals surface area contributed by atoms with Crippen molar-refractivity contribution in [2.45, 2.75) is 13.1 Å². The molecule has 0 spiro atoms. The molecule has 21 heavy (non-hydrogen) atoms. The van der Waals surface area contributed by atoms with Crippen molar-refractivity contribution in [2.75, 3.05) is 38.2 Å². The van der Waals surface area contributed by atoms with Gasteiger partial charge in [0.1, 0.15) is 0 Å². The third kappa shape index (κ3) is 4.10. The summed E-state index contributed by atoms with van der Waals surface area (Å²) in [5.74, 6) is -0.143. The molecule has 0 unspecified atom stereocenters. The number of halogens is 3. The molecule has 1 heterocycles. The number of aryl methyl sites for hydroxylation is 1. The normalized spacial score (nSPS) is 15.9. The number of ether oxygens (including phenoxy) is 1. The molecule has 0 radical (unpaired) electrons. The number of amides is 1. The Hall–Kier alpha value is -1.76. The Morgan fingerprint density at radius 1 is 1.33 bits per heavy atom. The maximum absolute atomic E-state index is 12.7. The molecule has 116 valence electrons. The molecule has 1 aliphatic heterocycles. The van der Waals surface area contributed by atoms with Crippen molar-refractivity contribution in [1.29, 1.82) is 0 Å². The molecule has 1 saturated heterocycles. The van der Waals surface area contributed by atoms with Crippen LogP contribution in [-0.4, -0.2) is 43.7 Å². The molecule has 1 aliphatic rings. The average molecular weight is 302 g/mol. The number of hydrogen-bond donors (Lipinski definition) is 1. The third-order valence-corrected chi connectivity index (χ3v) is 3.36. The number of alkyl halides is 3. The highest BCUT2D eigenvalue weighted by Gasteiger charge is 2.30. The van der Waals surface area contributed by atoms with Crippen molar-refractivity contribution >= 4 is 11.6 Å². The number of benzene rings is 1. The van der Waals surface area contributed by atoms with Gasteiger partial charge in [-0.2, -0.15) is 13.2 Å². The van der Waals surface area contributed by atoms with Gasteiger partial charge in [-0.25, -0.2) is 0 Å². The maximum Gasteiger partial charge on any atom is 0.416 e. The van der Waals surface area contributed by atoms with Crippen molar-refractivity contribution in [3.63, 3.8) is 0 Å². The minimum atomic E-state index is -4.39. The van der Waals surface area contributed by atoms with Gasteiger partial charge in [0.15, 0.2) is 0 Å². The van der Waals surface area contributed by atoms with Gasteiger partial charge in [-0.05, 0) is 24.6 Å². The lowest BCUT2D eigenvalue weighted by molar-refractivity contribution is -0.137. The zero-order valence-corrected chi connectivity index (χ0v) is 11.7. The Labute approximate surface area is 120 Å². The van der Waals surface area contributed by atoms with Crippen molar-refractivity contribution in [2.24, 2.45) is 0 Å². The molecule has 0 bridgehead atoms. The second kappa shape index (κ2) is 6.34. The van der Waals surface area contributed by atoms with E-state index in [1.165, 1.54) is 6.07 Å². The van der Waals surface area contributed by atoms with E-state index in [1.54, 1.807) is 11.8 Å². The Morgan fingerprint density at radius 3 is 2.62 bits per heavy atom. The minimum absolute atomic E-state index is 0.0256. The summed E-state index contributed by atoms with van der Waals surface area (Å²) in [5.41, 5.74) is 0.263. The number of carbonyl (C=O) groups is 1. The van der Waals surface area contributed by atoms with Gasteiger partial charge in [0, 0.05) is 18.8 Å². The van der Waals surface area contributed by atoms with Gasteiger partial charge in [-0.1, -0.05) is 6.07 Å². The molecule has 1 aromatic carbocycles. The summed E-state index contributed by atoms with van der Waals surface area (Å²) in [7, 11) is 0. The maximum atomic E-state index is 12.7. The highest BCUT2D eigenvalue weighted by Crippen LogP contribution is 2.31. The summed E-state index contributed by atoms with van der Waals surface area (Å²) in [6, 6.07) is 3.45. The molecule has 1 amide bonds. The average Bonchev–Trinajstić information content (AvgIpc) is 2.45. The predicted octanol–water partition coefficient (Wildman–Crippen LogP) is 2.28. The largest absolute Gasteiger partial charge is 0.416 e. The third-order valence-electron chi connectivity index (χ3n) is 3.36. The van der Waals surface area contributed by atoms with Crippen LogP contribution >= 0.6 is 0 Å². The molecule has 0 saturated carbocycles. The zero-order valence-electron chi connectivity index (χ0n) is 11.7. The van der Waals surface area contributed by atoms with Crippen molar-refractivity contribution in [1.82, 2.24) is 4.90 Å². The van der Waals surface area contributed by atoms with Crippen LogP contribution in [0.1, 0.15) is 11.1 Å². The fraction of sp³-hybridized carbons (Fsp3) is 0.500. The molecular formula is C14H17F3N2O2. The summed E-state index contributed by atoms with van der Waals surface area (Å²) >= 11 is 0. The Kier molecular flexibility index (Phi) is 4.72. The Balaban J connectivity index is 2.00. The van der Waals surface area contributed by atoms with Crippen LogP contribution < -0.4 is 5.32 Å². The highest BCUT2D eigenvalue weighted by atomic mass is 19.4. The van der Waals surface area contributed by atoms with Crippen LogP contribution in [0.3, 0.4) is 0 Å². The lowest BCUT2D eigenvalue weighted by Gasteiger charge is -2.27. The van der Waals surface area contributed by atoms with Gasteiger partial charge >= 0.3 is 6.18 Å². The molecule has 4 nitrogen and oxygen atoms in total. The summed E-state index contributed by atoms with van der Waals surface area (Å²) in [6.07, 6.45) is -4.39. The van der Waals surface area contributed by atoms with Crippen LogP contribution in [0.25, 0.3) is 0 Å². The predicted molar refractivity (Wildman–Crippen MR) is 72.1 cm³/mol. The van der Waals surface area contributed by atoms with Crippen molar-refractivity contribution in [3.8, 4) is 0 Å². The molecule has 7 heteroatoms. The number of nitrogens with one attached hydrogen (secondary N) is 1. The number of carbonyl (C=O) groups excluding carboxylic acids is 1. The van der Waals surface area contributed by atoms with E-state index >= 15 is 0 Å². The van der Waals surface area contributed by atoms with Gasteiger partial charge in [-0.15, -0.1) is 0 Å². The van der Waals surface area contributed by atoms with E-state index in [0.29, 0.717) is 37.6 Å². The number of nitrogens with zero attached hydrogens (tertiary/aromatic N) is 1. The van der Waals surface area contributed by atoms with Crippen LogP contribution in [0.4, 0.5) is 18.9 Å². The summed E-state index contributed by atoms with van der Waals surface area (Å²) in [6.45, 7) is 3.69. The Bertz CT molecular complexity index is 511. The first kappa shape index (κ1) is 15.6. The van der Waals surface area contributed by atoms with E-state index in [2.05, 4.69) is 5.32 Å². The van der Waals surface area contributed by atoms with E-state index in [-0.39, 0.29) is 12.5 Å². The smallest absolute Gasteiger partial charge is 0.378 e. The molecule has 0 aliphatic carbocycles. The number of anilines is 1. The van der Waals surface area contributed by atoms with Crippen LogP contribution in [-0.2, 0) is 15.7 Å². The highest BCUT2D eigenvalue weighted by molar-refractivity contribution is 5.81. The van der Waals surface area contributed by atoms with Crippen molar-refractivity contribution in [3.05, 3.63) is 29.3 Å². The molecule has 2 rings (SSSR count). The van der Waals surface area contributed by atoms with E-state index in [4.69, 9.17) is 4.74 Å². The van der Waals surface area contributed by atoms with Gasteiger partial charge in [-0.3, -0.25) is 4.79 Å². The fourth-order valence-electron chi connectivity index (χ4n) is 2.08. The standard InChI is InChI=1S/C14H17F3N2O2/c1-10-2-3-11(14(15,16)17)8-12(10)18-9-13(20)19-4-6-21-7-5-19/h2-3,8,18H,4-7,9H2,1H3. The molecule has 1 aromatic rings. The van der Waals surface area contributed by atoms with E-state index in [9.17, 15) is 18.0 Å². The summed E-state index contributed by atoms with van der Waals surface area (Å²) < 4.78 is 43.2. The molecule has 0 aromatic heterocycles. The molecular weight excluding hydrogens is 285 g/mol. The first-order valence-corrected chi connectivity index (χ1v) is 6.65. The molecule has 0 atom stereocenters. The fourth-order valence-corrected chi connectivity index (χ4v) is 2.08. The van der Waals surface area contributed by atoms with Gasteiger partial charge in [0.25, 0.3) is 0 Å². The van der Waals surface area contributed by atoms with Crippen LogP contribution in [0, 0.1) is 6.92 Å². The molecule has 1 fully saturated rings.